The minimum atomic E-state index is -0.671. The number of hydrogen-bond donors (Lipinski definition) is 4. The van der Waals surface area contributed by atoms with E-state index in [9.17, 15) is 10.2 Å². The molecule has 0 spiro atoms. The van der Waals surface area contributed by atoms with E-state index >= 15 is 0 Å². The van der Waals surface area contributed by atoms with Crippen molar-refractivity contribution in [1.82, 2.24) is 0 Å². The lowest BCUT2D eigenvalue weighted by molar-refractivity contribution is 0.347. The van der Waals surface area contributed by atoms with Gasteiger partial charge in [-0.1, -0.05) is 43.3 Å². The van der Waals surface area contributed by atoms with Crippen LogP contribution >= 0.6 is 0 Å². The van der Waals surface area contributed by atoms with Crippen molar-refractivity contribution >= 4 is 5.69 Å². The van der Waals surface area contributed by atoms with Crippen LogP contribution in [0.25, 0.3) is 0 Å². The molecule has 4 heteroatoms. The van der Waals surface area contributed by atoms with Crippen LogP contribution < -0.4 is 11.5 Å². The van der Waals surface area contributed by atoms with Crippen molar-refractivity contribution in [3.05, 3.63) is 82.6 Å². The fourth-order valence-electron chi connectivity index (χ4n) is 3.73. The Hall–Kier alpha value is -2.72. The molecule has 2 atom stereocenters. The van der Waals surface area contributed by atoms with Gasteiger partial charge in [-0.15, -0.1) is 0 Å². The number of hydrogen-bond acceptors (Lipinski definition) is 4. The van der Waals surface area contributed by atoms with E-state index < -0.39 is 5.54 Å². The van der Waals surface area contributed by atoms with E-state index in [0.717, 1.165) is 22.3 Å². The van der Waals surface area contributed by atoms with E-state index in [-0.39, 0.29) is 17.4 Å². The van der Waals surface area contributed by atoms with Crippen molar-refractivity contribution in [2.75, 3.05) is 5.73 Å². The van der Waals surface area contributed by atoms with Gasteiger partial charge in [-0.25, -0.2) is 0 Å². The average Bonchev–Trinajstić information content (AvgIpc) is 2.65. The Kier molecular flexibility index (Phi) is 4.79. The Morgan fingerprint density at radius 3 is 2.42 bits per heavy atom. The minimum Gasteiger partial charge on any atom is -0.508 e. The summed E-state index contributed by atoms with van der Waals surface area (Å²) in [6.45, 7) is 3.94. The van der Waals surface area contributed by atoms with Crippen molar-refractivity contribution in [2.45, 2.75) is 32.2 Å². The van der Waals surface area contributed by atoms with E-state index in [1.807, 2.05) is 50.3 Å². The van der Waals surface area contributed by atoms with Crippen LogP contribution in [0.2, 0.25) is 0 Å². The fourth-order valence-corrected chi connectivity index (χ4v) is 3.73. The number of nitrogens with two attached hydrogens (primary N) is 2. The van der Waals surface area contributed by atoms with Gasteiger partial charge >= 0.3 is 0 Å². The van der Waals surface area contributed by atoms with Gasteiger partial charge in [0, 0.05) is 11.6 Å². The van der Waals surface area contributed by atoms with Crippen LogP contribution in [-0.2, 0) is 12.0 Å². The molecular weight excluding hydrogens is 324 g/mol. The molecule has 0 bridgehead atoms. The summed E-state index contributed by atoms with van der Waals surface area (Å²) in [4.78, 5) is 0. The number of phenols is 1. The van der Waals surface area contributed by atoms with E-state index in [0.29, 0.717) is 18.5 Å². The number of anilines is 1. The number of nitrogen functional groups attached to an aromatic ring is 1. The highest BCUT2D eigenvalue weighted by Gasteiger charge is 2.37. The van der Waals surface area contributed by atoms with E-state index in [1.54, 1.807) is 18.2 Å². The zero-order valence-corrected chi connectivity index (χ0v) is 15.2. The second kappa shape index (κ2) is 6.89. The van der Waals surface area contributed by atoms with Crippen LogP contribution in [-0.4, -0.2) is 10.2 Å². The predicted octanol–water partition coefficient (Wildman–Crippen LogP) is 4.09. The molecule has 0 heterocycles. The Morgan fingerprint density at radius 2 is 1.73 bits per heavy atom. The van der Waals surface area contributed by atoms with Gasteiger partial charge < -0.3 is 21.7 Å². The third-order valence-electron chi connectivity index (χ3n) is 5.62. The van der Waals surface area contributed by atoms with Crippen LogP contribution in [0.15, 0.2) is 65.9 Å². The molecule has 0 aromatic heterocycles. The van der Waals surface area contributed by atoms with Crippen LogP contribution in [0, 0.1) is 12.8 Å². The van der Waals surface area contributed by atoms with Crippen molar-refractivity contribution in [3.63, 3.8) is 0 Å². The van der Waals surface area contributed by atoms with E-state index in [4.69, 9.17) is 11.5 Å². The maximum Gasteiger partial charge on any atom is 0.119 e. The van der Waals surface area contributed by atoms with Crippen LogP contribution in [0.5, 0.6) is 5.75 Å². The first-order valence-corrected chi connectivity index (χ1v) is 8.87. The highest BCUT2D eigenvalue weighted by atomic mass is 16.3. The van der Waals surface area contributed by atoms with Crippen LogP contribution in [0.3, 0.4) is 0 Å². The smallest absolute Gasteiger partial charge is 0.119 e. The molecule has 2 aromatic rings. The molecule has 4 nitrogen and oxygen atoms in total. The lowest BCUT2D eigenvalue weighted by atomic mass is 9.71. The van der Waals surface area contributed by atoms with Gasteiger partial charge in [0.25, 0.3) is 0 Å². The van der Waals surface area contributed by atoms with Gasteiger partial charge in [-0.05, 0) is 60.2 Å². The molecule has 0 saturated carbocycles. The maximum absolute atomic E-state index is 10.4. The normalized spacial score (nSPS) is 22.7. The Bertz CT molecular complexity index is 871. The number of rotatable bonds is 4. The quantitative estimate of drug-likeness (QED) is 0.494. The monoisotopic (exact) mass is 350 g/mol. The molecule has 0 amide bonds. The van der Waals surface area contributed by atoms with Crippen molar-refractivity contribution in [3.8, 4) is 5.75 Å². The number of phenolic OH excluding ortho intramolecular Hbond substituents is 1. The summed E-state index contributed by atoms with van der Waals surface area (Å²) in [6, 6.07) is 13.2. The van der Waals surface area contributed by atoms with Gasteiger partial charge in [0.05, 0.1) is 5.54 Å². The fraction of sp³-hybridized carbons (Fsp3) is 0.273. The lowest BCUT2D eigenvalue weighted by Crippen LogP contribution is -2.43. The molecule has 136 valence electrons. The van der Waals surface area contributed by atoms with Gasteiger partial charge in [0.1, 0.15) is 11.5 Å². The molecule has 1 aliphatic carbocycles. The molecule has 0 fully saturated rings. The van der Waals surface area contributed by atoms with Crippen LogP contribution in [0.1, 0.15) is 30.0 Å². The molecule has 0 radical (unpaired) electrons. The number of aromatic hydroxyl groups is 1. The highest BCUT2D eigenvalue weighted by molar-refractivity contribution is 5.55. The number of aliphatic hydroxyl groups is 1. The van der Waals surface area contributed by atoms with Crippen LogP contribution in [0.4, 0.5) is 5.69 Å². The second-order valence-corrected chi connectivity index (χ2v) is 7.04. The number of benzene rings is 2. The summed E-state index contributed by atoms with van der Waals surface area (Å²) >= 11 is 0. The third-order valence-corrected chi connectivity index (χ3v) is 5.62. The Balaban J connectivity index is 1.88. The van der Waals surface area contributed by atoms with Gasteiger partial charge in [-0.2, -0.15) is 0 Å². The van der Waals surface area contributed by atoms with Crippen molar-refractivity contribution in [2.24, 2.45) is 11.7 Å². The Morgan fingerprint density at radius 1 is 1.04 bits per heavy atom. The highest BCUT2D eigenvalue weighted by Crippen LogP contribution is 2.40. The summed E-state index contributed by atoms with van der Waals surface area (Å²) in [5, 5.41) is 20.6. The van der Waals surface area contributed by atoms with Crippen molar-refractivity contribution in [1.29, 1.82) is 0 Å². The average molecular weight is 350 g/mol. The molecule has 2 unspecified atom stereocenters. The zero-order valence-electron chi connectivity index (χ0n) is 15.2. The molecule has 2 aromatic carbocycles. The summed E-state index contributed by atoms with van der Waals surface area (Å²) in [5.74, 6) is 0.423. The first kappa shape index (κ1) is 18.1. The largest absolute Gasteiger partial charge is 0.508 e. The molecular formula is C22H26N2O2. The van der Waals surface area contributed by atoms with E-state index in [2.05, 4.69) is 0 Å². The zero-order chi connectivity index (χ0) is 18.9. The summed E-state index contributed by atoms with van der Waals surface area (Å²) in [6.07, 6.45) is 4.75. The summed E-state index contributed by atoms with van der Waals surface area (Å²) in [7, 11) is 0. The first-order valence-electron chi connectivity index (χ1n) is 8.87. The summed E-state index contributed by atoms with van der Waals surface area (Å²) in [5.41, 5.74) is 16.3. The lowest BCUT2D eigenvalue weighted by Gasteiger charge is -2.38. The van der Waals surface area contributed by atoms with E-state index in [1.165, 1.54) is 0 Å². The van der Waals surface area contributed by atoms with Gasteiger partial charge in [0.15, 0.2) is 0 Å². The first-order chi connectivity index (χ1) is 12.3. The topological polar surface area (TPSA) is 92.5 Å². The molecule has 1 aliphatic rings. The molecule has 0 saturated heterocycles. The van der Waals surface area contributed by atoms with Gasteiger partial charge in [0.2, 0.25) is 0 Å². The third kappa shape index (κ3) is 3.08. The SMILES string of the molecule is Cc1c(N)ccc(O)c1CCC1=C(O)C=CC(N)(c2ccccc2)C1C. The number of aliphatic hydroxyl groups excluding tert-OH is 1. The molecule has 0 aliphatic heterocycles. The van der Waals surface area contributed by atoms with Crippen molar-refractivity contribution < 1.29 is 10.2 Å². The predicted molar refractivity (Wildman–Crippen MR) is 106 cm³/mol. The molecule has 6 N–H and O–H groups in total. The molecule has 26 heavy (non-hydrogen) atoms. The maximum atomic E-state index is 10.4. The second-order valence-electron chi connectivity index (χ2n) is 7.04. The minimum absolute atomic E-state index is 0.0709. The van der Waals surface area contributed by atoms with Gasteiger partial charge in [-0.3, -0.25) is 0 Å². The standard InChI is InChI=1S/C22H26N2O2/c1-14-17(20(25)11-10-19(14)23)8-9-18-15(2)22(24,13-12-21(18)26)16-6-4-3-5-7-16/h3-7,10-13,15,25-26H,8-9,23-24H2,1-2H3. The number of allylic oxidation sites excluding steroid dienone is 1. The summed E-state index contributed by atoms with van der Waals surface area (Å²) < 4.78 is 0. The Labute approximate surface area is 154 Å². The molecule has 3 rings (SSSR count).